The van der Waals surface area contributed by atoms with Gasteiger partial charge in [0, 0.05) is 11.6 Å². The van der Waals surface area contributed by atoms with Gasteiger partial charge >= 0.3 is 13.8 Å². The summed E-state index contributed by atoms with van der Waals surface area (Å²) in [7, 11) is -1.48. The van der Waals surface area contributed by atoms with Gasteiger partial charge < -0.3 is 18.7 Å². The van der Waals surface area contributed by atoms with E-state index >= 15 is 0 Å². The lowest BCUT2D eigenvalue weighted by Gasteiger charge is -2.14. The van der Waals surface area contributed by atoms with Gasteiger partial charge in [0.15, 0.2) is 11.5 Å². The van der Waals surface area contributed by atoms with Gasteiger partial charge in [-0.15, -0.1) is 0 Å². The van der Waals surface area contributed by atoms with Crippen LogP contribution in [0.5, 0.6) is 17.2 Å². The maximum Gasteiger partial charge on any atom is 0.527 e. The molecule has 0 radical (unpaired) electrons. The van der Waals surface area contributed by atoms with Crippen molar-refractivity contribution in [2.24, 2.45) is 0 Å². The van der Waals surface area contributed by atoms with Crippen LogP contribution in [-0.2, 0) is 18.6 Å². The van der Waals surface area contributed by atoms with Crippen molar-refractivity contribution in [3.05, 3.63) is 30.4 Å². The number of hydrogen-bond acceptors (Lipinski definition) is 7. The second-order valence-electron chi connectivity index (χ2n) is 4.33. The van der Waals surface area contributed by atoms with Crippen molar-refractivity contribution in [1.29, 1.82) is 0 Å². The molecule has 1 aromatic rings. The van der Waals surface area contributed by atoms with E-state index in [1.165, 1.54) is 39.3 Å². The Morgan fingerprint density at radius 2 is 1.87 bits per heavy atom. The van der Waals surface area contributed by atoms with Gasteiger partial charge in [0.25, 0.3) is 0 Å². The third kappa shape index (κ3) is 6.32. The predicted molar refractivity (Wildman–Crippen MR) is 81.7 cm³/mol. The van der Waals surface area contributed by atoms with Crippen LogP contribution >= 0.6 is 7.82 Å². The zero-order chi connectivity index (χ0) is 17.5. The first-order valence-electron chi connectivity index (χ1n) is 6.50. The Hall–Kier alpha value is -2.02. The molecule has 8 nitrogen and oxygen atoms in total. The van der Waals surface area contributed by atoms with Crippen molar-refractivity contribution in [2.45, 2.75) is 6.92 Å². The monoisotopic (exact) mass is 346 g/mol. The first kappa shape index (κ1) is 19.0. The van der Waals surface area contributed by atoms with Gasteiger partial charge in [-0.05, 0) is 19.1 Å². The quantitative estimate of drug-likeness (QED) is 0.315. The lowest BCUT2D eigenvalue weighted by Crippen LogP contribution is -2.11. The molecule has 1 rings (SSSR count). The van der Waals surface area contributed by atoms with Crippen LogP contribution in [0.2, 0.25) is 0 Å². The standard InChI is InChI=1S/C14H19O8P/c1-10(2)14(15)20-7-8-21-23(16,17)22-11-5-6-12(18-3)13(9-11)19-4/h5-6,9H,1,7-8H2,2-4H3,(H,16,17). The summed E-state index contributed by atoms with van der Waals surface area (Å²) < 4.78 is 36.2. The van der Waals surface area contributed by atoms with E-state index in [2.05, 4.69) is 6.58 Å². The van der Waals surface area contributed by atoms with Gasteiger partial charge in [0.05, 0.1) is 20.8 Å². The Morgan fingerprint density at radius 1 is 1.22 bits per heavy atom. The second-order valence-corrected chi connectivity index (χ2v) is 5.70. The molecule has 9 heteroatoms. The molecule has 1 unspecified atom stereocenters. The Kier molecular flexibility index (Phi) is 7.09. The maximum atomic E-state index is 11.8. The van der Waals surface area contributed by atoms with E-state index in [1.54, 1.807) is 0 Å². The molecule has 1 N–H and O–H groups in total. The molecule has 0 spiro atoms. The Labute approximate surface area is 134 Å². The summed E-state index contributed by atoms with van der Waals surface area (Å²) in [6.07, 6.45) is 0. The maximum absolute atomic E-state index is 11.8. The highest BCUT2D eigenvalue weighted by molar-refractivity contribution is 7.47. The van der Waals surface area contributed by atoms with E-state index in [4.69, 9.17) is 23.3 Å². The summed E-state index contributed by atoms with van der Waals surface area (Å²) in [6, 6.07) is 4.32. The number of methoxy groups -OCH3 is 2. The van der Waals surface area contributed by atoms with Crippen molar-refractivity contribution in [1.82, 2.24) is 0 Å². The van der Waals surface area contributed by atoms with E-state index in [9.17, 15) is 14.3 Å². The highest BCUT2D eigenvalue weighted by Gasteiger charge is 2.23. The molecule has 0 saturated carbocycles. The van der Waals surface area contributed by atoms with Crippen LogP contribution < -0.4 is 14.0 Å². The zero-order valence-corrected chi connectivity index (χ0v) is 14.0. The number of carbonyl (C=O) groups is 1. The first-order valence-corrected chi connectivity index (χ1v) is 8.00. The molecule has 0 heterocycles. The molecule has 0 aliphatic carbocycles. The summed E-state index contributed by atoms with van der Waals surface area (Å²) in [5.74, 6) is 0.232. The minimum atomic E-state index is -4.36. The predicted octanol–water partition coefficient (Wildman–Crippen LogP) is 2.32. The summed E-state index contributed by atoms with van der Waals surface area (Å²) in [6.45, 7) is 4.38. The average molecular weight is 346 g/mol. The Morgan fingerprint density at radius 3 is 2.43 bits per heavy atom. The molecular formula is C14H19O8P. The topological polar surface area (TPSA) is 101 Å². The summed E-state index contributed by atoms with van der Waals surface area (Å²) in [4.78, 5) is 20.7. The van der Waals surface area contributed by atoms with Gasteiger partial charge in [-0.25, -0.2) is 9.36 Å². The van der Waals surface area contributed by atoms with Crippen LogP contribution in [0.25, 0.3) is 0 Å². The molecule has 23 heavy (non-hydrogen) atoms. The highest BCUT2D eigenvalue weighted by atomic mass is 31.2. The number of esters is 1. The molecule has 0 fully saturated rings. The van der Waals surface area contributed by atoms with Crippen molar-refractivity contribution in [2.75, 3.05) is 27.4 Å². The summed E-state index contributed by atoms with van der Waals surface area (Å²) >= 11 is 0. The molecule has 0 aliphatic heterocycles. The SMILES string of the molecule is C=C(C)C(=O)OCCOP(=O)(O)Oc1ccc(OC)c(OC)c1. The van der Waals surface area contributed by atoms with Crippen LogP contribution in [0.4, 0.5) is 0 Å². The van der Waals surface area contributed by atoms with E-state index in [0.717, 1.165) is 0 Å². The van der Waals surface area contributed by atoms with Crippen molar-refractivity contribution >= 4 is 13.8 Å². The fourth-order valence-electron chi connectivity index (χ4n) is 1.44. The fraction of sp³-hybridized carbons (Fsp3) is 0.357. The molecule has 128 valence electrons. The highest BCUT2D eigenvalue weighted by Crippen LogP contribution is 2.45. The molecule has 0 amide bonds. The third-order valence-electron chi connectivity index (χ3n) is 2.50. The Balaban J connectivity index is 2.56. The molecule has 0 bridgehead atoms. The van der Waals surface area contributed by atoms with Gasteiger partial charge in [-0.3, -0.25) is 9.42 Å². The van der Waals surface area contributed by atoms with E-state index in [1.807, 2.05) is 0 Å². The minimum absolute atomic E-state index is 0.0624. The van der Waals surface area contributed by atoms with Crippen LogP contribution in [0, 0.1) is 0 Å². The van der Waals surface area contributed by atoms with E-state index < -0.39 is 13.8 Å². The van der Waals surface area contributed by atoms with Crippen molar-refractivity contribution in [3.63, 3.8) is 0 Å². The number of ether oxygens (including phenoxy) is 3. The first-order chi connectivity index (χ1) is 10.8. The molecular weight excluding hydrogens is 327 g/mol. The molecule has 1 aromatic carbocycles. The minimum Gasteiger partial charge on any atom is -0.493 e. The molecule has 0 aromatic heterocycles. The lowest BCUT2D eigenvalue weighted by molar-refractivity contribution is -0.139. The van der Waals surface area contributed by atoms with E-state index in [-0.39, 0.29) is 24.5 Å². The number of benzene rings is 1. The van der Waals surface area contributed by atoms with Gasteiger partial charge in [0.2, 0.25) is 0 Å². The van der Waals surface area contributed by atoms with Gasteiger partial charge in [-0.2, -0.15) is 0 Å². The van der Waals surface area contributed by atoms with Crippen LogP contribution in [0.1, 0.15) is 6.92 Å². The lowest BCUT2D eigenvalue weighted by atomic mass is 10.3. The molecule has 0 aliphatic rings. The number of phosphoric acid groups is 1. The average Bonchev–Trinajstić information content (AvgIpc) is 2.50. The number of rotatable bonds is 9. The smallest absolute Gasteiger partial charge is 0.493 e. The number of carbonyl (C=O) groups excluding carboxylic acids is 1. The zero-order valence-electron chi connectivity index (χ0n) is 13.1. The number of hydrogen-bond donors (Lipinski definition) is 1. The van der Waals surface area contributed by atoms with Crippen LogP contribution in [0.15, 0.2) is 30.4 Å². The summed E-state index contributed by atoms with van der Waals surface area (Å²) in [5.41, 5.74) is 0.221. The third-order valence-corrected chi connectivity index (χ3v) is 3.45. The van der Waals surface area contributed by atoms with Crippen molar-refractivity contribution in [3.8, 4) is 17.2 Å². The molecule has 0 saturated heterocycles. The van der Waals surface area contributed by atoms with Crippen LogP contribution in [0.3, 0.4) is 0 Å². The summed E-state index contributed by atoms with van der Waals surface area (Å²) in [5, 5.41) is 0. The Bertz CT molecular complexity index is 613. The van der Waals surface area contributed by atoms with Crippen molar-refractivity contribution < 1.29 is 37.5 Å². The normalized spacial score (nSPS) is 12.9. The second kappa shape index (κ2) is 8.57. The van der Waals surface area contributed by atoms with Gasteiger partial charge in [-0.1, -0.05) is 6.58 Å². The van der Waals surface area contributed by atoms with Gasteiger partial charge in [0.1, 0.15) is 12.4 Å². The molecule has 1 atom stereocenters. The fourth-order valence-corrected chi connectivity index (χ4v) is 2.18. The van der Waals surface area contributed by atoms with E-state index in [0.29, 0.717) is 11.5 Å². The number of phosphoric ester groups is 1. The largest absolute Gasteiger partial charge is 0.527 e. The van der Waals surface area contributed by atoms with Crippen LogP contribution in [-0.4, -0.2) is 38.3 Å².